The third-order valence-electron chi connectivity index (χ3n) is 4.46. The summed E-state index contributed by atoms with van der Waals surface area (Å²) in [5.41, 5.74) is 3.63. The smallest absolute Gasteiger partial charge is 0.269 e. The van der Waals surface area contributed by atoms with E-state index < -0.39 is 4.92 Å². The Hall–Kier alpha value is -3.54. The highest BCUT2D eigenvalue weighted by atomic mass is 16.6. The lowest BCUT2D eigenvalue weighted by Crippen LogP contribution is -2.24. The number of nitrogens with one attached hydrogen (secondary N) is 1. The normalized spacial score (nSPS) is 10.4. The molecule has 0 aliphatic rings. The predicted molar refractivity (Wildman–Crippen MR) is 108 cm³/mol. The number of carbonyl (C=O) groups is 1. The van der Waals surface area contributed by atoms with E-state index in [0.29, 0.717) is 12.1 Å². The number of non-ortho nitro benzene ring substituents is 1. The zero-order valence-electron chi connectivity index (χ0n) is 15.4. The fraction of sp³-hybridized carbons (Fsp3) is 0.182. The molecule has 28 heavy (non-hydrogen) atoms. The number of nitro groups is 1. The van der Waals surface area contributed by atoms with Gasteiger partial charge in [0.05, 0.1) is 4.92 Å². The molecule has 0 aliphatic carbocycles. The summed E-state index contributed by atoms with van der Waals surface area (Å²) < 4.78 is 0. The van der Waals surface area contributed by atoms with Gasteiger partial charge in [0.2, 0.25) is 0 Å². The third kappa shape index (κ3) is 5.23. The highest BCUT2D eigenvalue weighted by Gasteiger charge is 2.07. The minimum atomic E-state index is -0.423. The van der Waals surface area contributed by atoms with Crippen LogP contribution in [0.4, 0.5) is 5.69 Å². The van der Waals surface area contributed by atoms with E-state index in [1.807, 2.05) is 24.4 Å². The maximum Gasteiger partial charge on any atom is 0.269 e. The third-order valence-corrected chi connectivity index (χ3v) is 4.46. The lowest BCUT2D eigenvalue weighted by molar-refractivity contribution is -0.384. The SMILES string of the molecule is O=C(NCCCCc1cccnc1)c1ccc(-c2ccc([N+](=O)[O-])cc2)cc1. The highest BCUT2D eigenvalue weighted by Crippen LogP contribution is 2.22. The van der Waals surface area contributed by atoms with Crippen LogP contribution in [0.3, 0.4) is 0 Å². The molecule has 0 fully saturated rings. The van der Waals surface area contributed by atoms with Crippen molar-refractivity contribution in [3.05, 3.63) is 94.3 Å². The van der Waals surface area contributed by atoms with Crippen molar-refractivity contribution in [1.82, 2.24) is 10.3 Å². The fourth-order valence-corrected chi connectivity index (χ4v) is 2.89. The van der Waals surface area contributed by atoms with Gasteiger partial charge in [0.25, 0.3) is 11.6 Å². The van der Waals surface area contributed by atoms with Crippen LogP contribution in [0.1, 0.15) is 28.8 Å². The van der Waals surface area contributed by atoms with Crippen LogP contribution in [-0.4, -0.2) is 22.4 Å². The van der Waals surface area contributed by atoms with E-state index in [4.69, 9.17) is 0 Å². The Kier molecular flexibility index (Phi) is 6.46. The first-order valence-corrected chi connectivity index (χ1v) is 9.15. The summed E-state index contributed by atoms with van der Waals surface area (Å²) in [6.45, 7) is 0.628. The molecule has 0 saturated heterocycles. The van der Waals surface area contributed by atoms with Crippen LogP contribution in [-0.2, 0) is 6.42 Å². The van der Waals surface area contributed by atoms with Gasteiger partial charge in [-0.1, -0.05) is 18.2 Å². The van der Waals surface area contributed by atoms with E-state index in [1.54, 1.807) is 30.5 Å². The number of rotatable bonds is 8. The number of unbranched alkanes of at least 4 members (excludes halogenated alkanes) is 1. The van der Waals surface area contributed by atoms with Crippen LogP contribution in [0.2, 0.25) is 0 Å². The molecule has 0 bridgehead atoms. The van der Waals surface area contributed by atoms with Gasteiger partial charge in [-0.2, -0.15) is 0 Å². The average Bonchev–Trinajstić information content (AvgIpc) is 2.74. The van der Waals surface area contributed by atoms with Crippen molar-refractivity contribution in [3.8, 4) is 11.1 Å². The predicted octanol–water partition coefficient (Wildman–Crippen LogP) is 4.41. The van der Waals surface area contributed by atoms with Crippen molar-refractivity contribution >= 4 is 11.6 Å². The molecule has 0 radical (unpaired) electrons. The zero-order valence-corrected chi connectivity index (χ0v) is 15.4. The molecule has 1 heterocycles. The second-order valence-corrected chi connectivity index (χ2v) is 6.46. The van der Waals surface area contributed by atoms with Crippen molar-refractivity contribution < 1.29 is 9.72 Å². The Bertz CT molecular complexity index is 924. The van der Waals surface area contributed by atoms with Gasteiger partial charge in [-0.05, 0) is 66.3 Å². The second-order valence-electron chi connectivity index (χ2n) is 6.46. The Labute approximate surface area is 163 Å². The molecule has 0 aliphatic heterocycles. The van der Waals surface area contributed by atoms with Crippen LogP contribution >= 0.6 is 0 Å². The summed E-state index contributed by atoms with van der Waals surface area (Å²) in [6.07, 6.45) is 6.47. The standard InChI is InChI=1S/C22H21N3O3/c26-22(24-15-2-1-4-17-5-3-14-23-16-17)20-8-6-18(7-9-20)19-10-12-21(13-11-19)25(27)28/h3,5-14,16H,1-2,4,15H2,(H,24,26). The van der Waals surface area contributed by atoms with Gasteiger partial charge >= 0.3 is 0 Å². The van der Waals surface area contributed by atoms with E-state index in [1.165, 1.54) is 17.7 Å². The molecule has 0 atom stereocenters. The molecular weight excluding hydrogens is 354 g/mol. The Morgan fingerprint density at radius 1 is 0.964 bits per heavy atom. The molecule has 2 aromatic carbocycles. The Morgan fingerprint density at radius 2 is 1.64 bits per heavy atom. The molecule has 142 valence electrons. The number of nitro benzene ring substituents is 1. The monoisotopic (exact) mass is 375 g/mol. The Balaban J connectivity index is 1.47. The lowest BCUT2D eigenvalue weighted by Gasteiger charge is -2.07. The fourth-order valence-electron chi connectivity index (χ4n) is 2.89. The molecule has 0 unspecified atom stereocenters. The molecule has 0 saturated carbocycles. The van der Waals surface area contributed by atoms with Crippen LogP contribution in [0.25, 0.3) is 11.1 Å². The maximum absolute atomic E-state index is 12.2. The van der Waals surface area contributed by atoms with Gasteiger partial charge in [0.1, 0.15) is 0 Å². The van der Waals surface area contributed by atoms with Crippen LogP contribution < -0.4 is 5.32 Å². The first-order valence-electron chi connectivity index (χ1n) is 9.15. The molecule has 6 nitrogen and oxygen atoms in total. The van der Waals surface area contributed by atoms with Gasteiger partial charge < -0.3 is 5.32 Å². The number of hydrogen-bond donors (Lipinski definition) is 1. The number of nitrogens with zero attached hydrogens (tertiary/aromatic N) is 2. The van der Waals surface area contributed by atoms with Crippen LogP contribution in [0.15, 0.2) is 73.1 Å². The van der Waals surface area contributed by atoms with Gasteiger partial charge in [0.15, 0.2) is 0 Å². The summed E-state index contributed by atoms with van der Waals surface area (Å²) in [6, 6.07) is 17.6. The van der Waals surface area contributed by atoms with E-state index in [9.17, 15) is 14.9 Å². The minimum absolute atomic E-state index is 0.0586. The van der Waals surface area contributed by atoms with Gasteiger partial charge in [-0.15, -0.1) is 0 Å². The van der Waals surface area contributed by atoms with E-state index in [-0.39, 0.29) is 11.6 Å². The quantitative estimate of drug-likeness (QED) is 0.359. The maximum atomic E-state index is 12.2. The number of benzene rings is 2. The summed E-state index contributed by atoms with van der Waals surface area (Å²) in [5.74, 6) is -0.100. The number of pyridine rings is 1. The molecule has 6 heteroatoms. The second kappa shape index (κ2) is 9.41. The molecule has 3 rings (SSSR count). The zero-order chi connectivity index (χ0) is 19.8. The molecular formula is C22H21N3O3. The summed E-state index contributed by atoms with van der Waals surface area (Å²) in [4.78, 5) is 26.6. The first kappa shape index (κ1) is 19.2. The number of amides is 1. The molecule has 0 spiro atoms. The van der Waals surface area contributed by atoms with Crippen molar-refractivity contribution in [2.75, 3.05) is 6.54 Å². The average molecular weight is 375 g/mol. The largest absolute Gasteiger partial charge is 0.352 e. The molecule has 1 N–H and O–H groups in total. The van der Waals surface area contributed by atoms with Gasteiger partial charge in [-0.3, -0.25) is 19.9 Å². The van der Waals surface area contributed by atoms with E-state index in [2.05, 4.69) is 16.4 Å². The van der Waals surface area contributed by atoms with Crippen LogP contribution in [0.5, 0.6) is 0 Å². The summed E-state index contributed by atoms with van der Waals surface area (Å²) >= 11 is 0. The molecule has 1 aromatic heterocycles. The number of aryl methyl sites for hydroxylation is 1. The number of aromatic nitrogens is 1. The summed E-state index contributed by atoms with van der Waals surface area (Å²) in [7, 11) is 0. The van der Waals surface area contributed by atoms with E-state index >= 15 is 0 Å². The Morgan fingerprint density at radius 3 is 2.25 bits per heavy atom. The lowest BCUT2D eigenvalue weighted by atomic mass is 10.0. The van der Waals surface area contributed by atoms with E-state index in [0.717, 1.165) is 30.4 Å². The van der Waals surface area contributed by atoms with Crippen molar-refractivity contribution in [2.45, 2.75) is 19.3 Å². The highest BCUT2D eigenvalue weighted by molar-refractivity contribution is 5.94. The molecule has 3 aromatic rings. The van der Waals surface area contributed by atoms with Crippen molar-refractivity contribution in [3.63, 3.8) is 0 Å². The van der Waals surface area contributed by atoms with Gasteiger partial charge in [0, 0.05) is 36.6 Å². The van der Waals surface area contributed by atoms with Crippen LogP contribution in [0, 0.1) is 10.1 Å². The summed E-state index contributed by atoms with van der Waals surface area (Å²) in [5, 5.41) is 13.7. The molecule has 1 amide bonds. The topological polar surface area (TPSA) is 85.1 Å². The first-order chi connectivity index (χ1) is 13.6. The number of carbonyl (C=O) groups excluding carboxylic acids is 1. The van der Waals surface area contributed by atoms with Gasteiger partial charge in [-0.25, -0.2) is 0 Å². The van der Waals surface area contributed by atoms with Crippen molar-refractivity contribution in [1.29, 1.82) is 0 Å². The minimum Gasteiger partial charge on any atom is -0.352 e. The van der Waals surface area contributed by atoms with Crippen molar-refractivity contribution in [2.24, 2.45) is 0 Å². The number of hydrogen-bond acceptors (Lipinski definition) is 4.